The minimum Gasteiger partial charge on any atom is -0.336 e. The number of carbonyl (C=O) groups is 1. The molecule has 2 aromatic rings. The fourth-order valence-corrected chi connectivity index (χ4v) is 2.59. The van der Waals surface area contributed by atoms with Crippen molar-refractivity contribution in [1.82, 2.24) is 14.9 Å². The van der Waals surface area contributed by atoms with Gasteiger partial charge in [-0.3, -0.25) is 4.79 Å². The average molecular weight is 325 g/mol. The number of benzene rings is 1. The van der Waals surface area contributed by atoms with Crippen LogP contribution in [0.15, 0.2) is 23.4 Å². The third-order valence-electron chi connectivity index (χ3n) is 3.19. The normalized spacial score (nSPS) is 14.1. The van der Waals surface area contributed by atoms with E-state index in [2.05, 4.69) is 15.5 Å². The number of para-hydroxylation sites is 1. The number of nitrogens with two attached hydrogens (primary N) is 1. The maximum absolute atomic E-state index is 13.4. The van der Waals surface area contributed by atoms with Crippen LogP contribution >= 0.6 is 11.8 Å². The number of anilines is 1. The van der Waals surface area contributed by atoms with E-state index in [1.165, 1.54) is 10.7 Å². The van der Waals surface area contributed by atoms with Gasteiger partial charge in [-0.25, -0.2) is 13.5 Å². The Kier molecular flexibility index (Phi) is 3.97. The zero-order valence-corrected chi connectivity index (χ0v) is 12.2. The van der Waals surface area contributed by atoms with Gasteiger partial charge in [-0.15, -0.1) is 10.2 Å². The fourth-order valence-electron chi connectivity index (χ4n) is 1.93. The summed E-state index contributed by atoms with van der Waals surface area (Å²) < 4.78 is 28.2. The lowest BCUT2D eigenvalue weighted by molar-refractivity contribution is -0.113. The highest BCUT2D eigenvalue weighted by Gasteiger charge is 2.30. The monoisotopic (exact) mass is 325 g/mol. The molecule has 0 bridgehead atoms. The van der Waals surface area contributed by atoms with Crippen molar-refractivity contribution in [2.75, 3.05) is 16.9 Å². The van der Waals surface area contributed by atoms with Gasteiger partial charge in [0.2, 0.25) is 11.1 Å². The van der Waals surface area contributed by atoms with Crippen molar-refractivity contribution < 1.29 is 13.6 Å². The highest BCUT2D eigenvalue weighted by molar-refractivity contribution is 7.99. The Morgan fingerprint density at radius 3 is 2.68 bits per heavy atom. The number of thioether (sulfide) groups is 1. The molecular formula is C13H13F2N5OS. The minimum atomic E-state index is -0.823. The average Bonchev–Trinajstić information content (AvgIpc) is 3.25. The van der Waals surface area contributed by atoms with Crippen LogP contribution in [0.2, 0.25) is 0 Å². The molecular weight excluding hydrogens is 312 g/mol. The van der Waals surface area contributed by atoms with Gasteiger partial charge >= 0.3 is 0 Å². The van der Waals surface area contributed by atoms with E-state index >= 15 is 0 Å². The Morgan fingerprint density at radius 1 is 1.36 bits per heavy atom. The van der Waals surface area contributed by atoms with Crippen molar-refractivity contribution in [3.05, 3.63) is 35.7 Å². The summed E-state index contributed by atoms with van der Waals surface area (Å²) in [6, 6.07) is 3.37. The smallest absolute Gasteiger partial charge is 0.235 e. The molecule has 0 aliphatic heterocycles. The molecule has 3 rings (SSSR count). The largest absolute Gasteiger partial charge is 0.336 e. The molecule has 1 aromatic heterocycles. The third-order valence-corrected chi connectivity index (χ3v) is 4.14. The first-order valence-corrected chi connectivity index (χ1v) is 7.62. The number of nitrogens with one attached hydrogen (secondary N) is 1. The number of nitrogen functional groups attached to an aromatic ring is 1. The lowest BCUT2D eigenvalue weighted by Gasteiger charge is -2.07. The van der Waals surface area contributed by atoms with E-state index < -0.39 is 23.2 Å². The molecule has 1 aromatic carbocycles. The van der Waals surface area contributed by atoms with Gasteiger partial charge in [-0.2, -0.15) is 0 Å². The van der Waals surface area contributed by atoms with E-state index in [4.69, 9.17) is 5.84 Å². The van der Waals surface area contributed by atoms with E-state index in [0.717, 1.165) is 36.7 Å². The Bertz CT molecular complexity index is 696. The van der Waals surface area contributed by atoms with Crippen LogP contribution in [-0.4, -0.2) is 26.5 Å². The predicted molar refractivity (Wildman–Crippen MR) is 77.9 cm³/mol. The predicted octanol–water partition coefficient (Wildman–Crippen LogP) is 1.88. The van der Waals surface area contributed by atoms with Crippen molar-refractivity contribution in [2.24, 2.45) is 0 Å². The topological polar surface area (TPSA) is 85.8 Å². The molecule has 1 aliphatic rings. The maximum atomic E-state index is 13.4. The highest BCUT2D eigenvalue weighted by atomic mass is 32.2. The standard InChI is InChI=1S/C13H13F2N5OS/c14-8-2-1-3-9(15)11(8)17-10(21)6-22-13-19-18-12(20(13)16)7-4-5-7/h1-3,7H,4-6,16H2,(H,17,21). The van der Waals surface area contributed by atoms with Crippen LogP contribution in [0.1, 0.15) is 24.6 Å². The van der Waals surface area contributed by atoms with Crippen LogP contribution < -0.4 is 11.2 Å². The van der Waals surface area contributed by atoms with Crippen molar-refractivity contribution >= 4 is 23.4 Å². The molecule has 0 spiro atoms. The summed E-state index contributed by atoms with van der Waals surface area (Å²) in [6.45, 7) is 0. The molecule has 1 heterocycles. The lowest BCUT2D eigenvalue weighted by Crippen LogP contribution is -2.18. The molecule has 22 heavy (non-hydrogen) atoms. The second kappa shape index (κ2) is 5.91. The van der Waals surface area contributed by atoms with E-state index in [9.17, 15) is 13.6 Å². The first-order chi connectivity index (χ1) is 10.6. The number of nitrogens with zero attached hydrogens (tertiary/aromatic N) is 3. The van der Waals surface area contributed by atoms with Crippen molar-refractivity contribution in [3.8, 4) is 0 Å². The van der Waals surface area contributed by atoms with Gasteiger partial charge < -0.3 is 11.2 Å². The van der Waals surface area contributed by atoms with Gasteiger partial charge in [0.25, 0.3) is 0 Å². The second-order valence-electron chi connectivity index (χ2n) is 4.92. The quantitative estimate of drug-likeness (QED) is 0.647. The lowest BCUT2D eigenvalue weighted by atomic mass is 10.3. The van der Waals surface area contributed by atoms with Gasteiger partial charge in [-0.1, -0.05) is 17.8 Å². The summed E-state index contributed by atoms with van der Waals surface area (Å²) in [6.07, 6.45) is 2.07. The van der Waals surface area contributed by atoms with Crippen molar-refractivity contribution in [2.45, 2.75) is 23.9 Å². The summed E-state index contributed by atoms with van der Waals surface area (Å²) in [5.41, 5.74) is -0.457. The number of rotatable bonds is 5. The Labute approximate surface area is 129 Å². The van der Waals surface area contributed by atoms with Crippen molar-refractivity contribution in [3.63, 3.8) is 0 Å². The Morgan fingerprint density at radius 2 is 2.05 bits per heavy atom. The molecule has 1 fully saturated rings. The van der Waals surface area contributed by atoms with Crippen LogP contribution in [0.3, 0.4) is 0 Å². The molecule has 116 valence electrons. The molecule has 0 saturated heterocycles. The van der Waals surface area contributed by atoms with Gasteiger partial charge in [-0.05, 0) is 25.0 Å². The number of carbonyl (C=O) groups excluding carboxylic acids is 1. The zero-order valence-electron chi connectivity index (χ0n) is 11.4. The van der Waals surface area contributed by atoms with Crippen LogP contribution in [0.5, 0.6) is 0 Å². The van der Waals surface area contributed by atoms with Crippen LogP contribution in [0.25, 0.3) is 0 Å². The van der Waals surface area contributed by atoms with Gasteiger partial charge in [0.15, 0.2) is 5.82 Å². The molecule has 9 heteroatoms. The number of aromatic nitrogens is 3. The summed E-state index contributed by atoms with van der Waals surface area (Å²) in [7, 11) is 0. The fraction of sp³-hybridized carbons (Fsp3) is 0.308. The molecule has 1 amide bonds. The highest BCUT2D eigenvalue weighted by Crippen LogP contribution is 2.39. The number of hydrogen-bond acceptors (Lipinski definition) is 5. The van der Waals surface area contributed by atoms with E-state index in [0.29, 0.717) is 16.9 Å². The first-order valence-electron chi connectivity index (χ1n) is 6.63. The SMILES string of the molecule is Nn1c(SCC(=O)Nc2c(F)cccc2F)nnc1C1CC1. The van der Waals surface area contributed by atoms with Gasteiger partial charge in [0, 0.05) is 5.92 Å². The van der Waals surface area contributed by atoms with E-state index in [1.54, 1.807) is 0 Å². The van der Waals surface area contributed by atoms with Crippen LogP contribution in [0, 0.1) is 11.6 Å². The Balaban J connectivity index is 1.61. The number of amides is 1. The van der Waals surface area contributed by atoms with Gasteiger partial charge in [0.1, 0.15) is 17.3 Å². The molecule has 1 saturated carbocycles. The van der Waals surface area contributed by atoms with E-state index in [-0.39, 0.29) is 5.75 Å². The molecule has 0 radical (unpaired) electrons. The second-order valence-corrected chi connectivity index (χ2v) is 5.86. The summed E-state index contributed by atoms with van der Waals surface area (Å²) in [5, 5.41) is 10.5. The summed E-state index contributed by atoms with van der Waals surface area (Å²) in [4.78, 5) is 11.8. The molecule has 0 atom stereocenters. The minimum absolute atomic E-state index is 0.0756. The molecule has 1 aliphatic carbocycles. The number of halogens is 2. The van der Waals surface area contributed by atoms with Crippen LogP contribution in [0.4, 0.5) is 14.5 Å². The zero-order chi connectivity index (χ0) is 15.7. The third kappa shape index (κ3) is 3.03. The molecule has 0 unspecified atom stereocenters. The van der Waals surface area contributed by atoms with Gasteiger partial charge in [0.05, 0.1) is 5.75 Å². The number of hydrogen-bond donors (Lipinski definition) is 2. The van der Waals surface area contributed by atoms with E-state index in [1.807, 2.05) is 0 Å². The molecule has 3 N–H and O–H groups in total. The summed E-state index contributed by atoms with van der Waals surface area (Å²) >= 11 is 1.06. The Hall–Kier alpha value is -2.16. The first kappa shape index (κ1) is 14.8. The van der Waals surface area contributed by atoms with Crippen LogP contribution in [-0.2, 0) is 4.79 Å². The molecule has 6 nitrogen and oxygen atoms in total. The van der Waals surface area contributed by atoms with Crippen molar-refractivity contribution in [1.29, 1.82) is 0 Å². The summed E-state index contributed by atoms with van der Waals surface area (Å²) in [5.74, 6) is 4.62. The maximum Gasteiger partial charge on any atom is 0.235 e.